The Morgan fingerprint density at radius 3 is 2.75 bits per heavy atom. The molecule has 0 saturated carbocycles. The van der Waals surface area contributed by atoms with Crippen LogP contribution in [-0.4, -0.2) is 28.8 Å². The van der Waals surface area contributed by atoms with Gasteiger partial charge in [-0.1, -0.05) is 0 Å². The molecular weight excluding hydrogens is 268 g/mol. The van der Waals surface area contributed by atoms with Gasteiger partial charge in [-0.15, -0.1) is 0 Å². The first-order valence-corrected chi connectivity index (χ1v) is 5.91. The molecule has 1 saturated heterocycles. The second kappa shape index (κ2) is 6.06. The quantitative estimate of drug-likeness (QED) is 0.500. The van der Waals surface area contributed by atoms with Crippen molar-refractivity contribution in [3.05, 3.63) is 38.4 Å². The van der Waals surface area contributed by atoms with Crippen LogP contribution >= 0.6 is 0 Å². The molecule has 1 fully saturated rings. The van der Waals surface area contributed by atoms with E-state index in [1.165, 1.54) is 18.3 Å². The zero-order chi connectivity index (χ0) is 14.5. The maximum Gasteiger partial charge on any atom is 0.301 e. The molecule has 1 N–H and O–H groups in total. The Morgan fingerprint density at radius 2 is 2.15 bits per heavy atom. The monoisotopic (exact) mass is 280 g/mol. The highest BCUT2D eigenvalue weighted by molar-refractivity contribution is 5.69. The molecule has 9 heteroatoms. The molecule has 2 rings (SSSR count). The summed E-state index contributed by atoms with van der Waals surface area (Å²) in [6.45, 7) is 0.675. The van der Waals surface area contributed by atoms with E-state index < -0.39 is 15.5 Å². The Morgan fingerprint density at radius 1 is 1.35 bits per heavy atom. The van der Waals surface area contributed by atoms with Crippen molar-refractivity contribution in [3.63, 3.8) is 0 Å². The topological polar surface area (TPSA) is 120 Å². The number of ether oxygens (including phenoxy) is 1. The molecule has 9 nitrogen and oxygen atoms in total. The number of non-ortho nitro benzene ring substituents is 1. The van der Waals surface area contributed by atoms with Crippen LogP contribution in [0.15, 0.2) is 23.3 Å². The molecule has 1 aromatic rings. The maximum absolute atomic E-state index is 10.9. The van der Waals surface area contributed by atoms with E-state index in [1.54, 1.807) is 0 Å². The number of nitro groups is 2. The summed E-state index contributed by atoms with van der Waals surface area (Å²) in [5.41, 5.74) is 1.86. The van der Waals surface area contributed by atoms with E-state index in [4.69, 9.17) is 4.74 Å². The molecule has 1 heterocycles. The Kier molecular flexibility index (Phi) is 4.20. The van der Waals surface area contributed by atoms with Crippen LogP contribution in [-0.2, 0) is 4.74 Å². The second-order valence-corrected chi connectivity index (χ2v) is 4.16. The highest BCUT2D eigenvalue weighted by Crippen LogP contribution is 2.28. The van der Waals surface area contributed by atoms with E-state index in [2.05, 4.69) is 10.5 Å². The molecule has 1 aliphatic heterocycles. The van der Waals surface area contributed by atoms with Crippen LogP contribution in [0.25, 0.3) is 0 Å². The molecular formula is C11H12N4O5. The molecule has 0 bridgehead atoms. The summed E-state index contributed by atoms with van der Waals surface area (Å²) < 4.78 is 5.31. The number of hydrazone groups is 1. The van der Waals surface area contributed by atoms with Gasteiger partial charge in [0.15, 0.2) is 0 Å². The smallest absolute Gasteiger partial charge is 0.301 e. The Balaban J connectivity index is 2.13. The standard InChI is InChI=1S/C11H12N4O5/c16-14(17)8-3-4-10(11(6-8)15(18)19)13-12-7-9-2-1-5-20-9/h3-4,6-7,9,13H,1-2,5H2. The summed E-state index contributed by atoms with van der Waals surface area (Å²) in [6.07, 6.45) is 3.24. The predicted octanol–water partition coefficient (Wildman–Crippen LogP) is 2.08. The van der Waals surface area contributed by atoms with Gasteiger partial charge >= 0.3 is 5.69 Å². The average Bonchev–Trinajstić information content (AvgIpc) is 2.91. The first-order chi connectivity index (χ1) is 9.58. The highest BCUT2D eigenvalue weighted by atomic mass is 16.6. The van der Waals surface area contributed by atoms with Gasteiger partial charge in [-0.05, 0) is 18.9 Å². The Hall–Kier alpha value is -2.55. The minimum absolute atomic E-state index is 0.0925. The van der Waals surface area contributed by atoms with E-state index in [0.29, 0.717) is 6.61 Å². The van der Waals surface area contributed by atoms with E-state index in [1.807, 2.05) is 0 Å². The second-order valence-electron chi connectivity index (χ2n) is 4.16. The lowest BCUT2D eigenvalue weighted by molar-refractivity contribution is -0.393. The fourth-order valence-electron chi connectivity index (χ4n) is 1.79. The van der Waals surface area contributed by atoms with Crippen molar-refractivity contribution < 1.29 is 14.6 Å². The van der Waals surface area contributed by atoms with Crippen LogP contribution in [0.5, 0.6) is 0 Å². The molecule has 1 aromatic carbocycles. The lowest BCUT2D eigenvalue weighted by atomic mass is 10.2. The summed E-state index contributed by atoms with van der Waals surface area (Å²) in [5.74, 6) is 0. The molecule has 0 spiro atoms. The number of hydrogen-bond acceptors (Lipinski definition) is 7. The zero-order valence-corrected chi connectivity index (χ0v) is 10.4. The van der Waals surface area contributed by atoms with Crippen molar-refractivity contribution in [2.45, 2.75) is 18.9 Å². The van der Waals surface area contributed by atoms with Crippen molar-refractivity contribution in [2.24, 2.45) is 5.10 Å². The van der Waals surface area contributed by atoms with Crippen LogP contribution in [0.2, 0.25) is 0 Å². The van der Waals surface area contributed by atoms with Gasteiger partial charge in [0.25, 0.3) is 5.69 Å². The van der Waals surface area contributed by atoms with E-state index >= 15 is 0 Å². The molecule has 1 atom stereocenters. The molecule has 1 aliphatic rings. The number of hydrogen-bond donors (Lipinski definition) is 1. The number of rotatable bonds is 5. The van der Waals surface area contributed by atoms with Gasteiger partial charge in [0.05, 0.1) is 28.2 Å². The number of anilines is 1. The molecule has 0 amide bonds. The largest absolute Gasteiger partial charge is 0.372 e. The molecule has 106 valence electrons. The normalized spacial score (nSPS) is 18.3. The van der Waals surface area contributed by atoms with Crippen molar-refractivity contribution in [1.29, 1.82) is 0 Å². The van der Waals surface area contributed by atoms with Crippen molar-refractivity contribution in [2.75, 3.05) is 12.0 Å². The van der Waals surface area contributed by atoms with E-state index in [9.17, 15) is 20.2 Å². The summed E-state index contributed by atoms with van der Waals surface area (Å²) in [4.78, 5) is 20.1. The van der Waals surface area contributed by atoms with Gasteiger partial charge in [-0.3, -0.25) is 25.7 Å². The molecule has 0 aromatic heterocycles. The van der Waals surface area contributed by atoms with Crippen molar-refractivity contribution in [3.8, 4) is 0 Å². The van der Waals surface area contributed by atoms with Gasteiger partial charge < -0.3 is 4.74 Å². The Labute approximate surface area is 113 Å². The number of nitro benzene ring substituents is 2. The third-order valence-corrected chi connectivity index (χ3v) is 2.78. The summed E-state index contributed by atoms with van der Waals surface area (Å²) in [6, 6.07) is 3.32. The lowest BCUT2D eigenvalue weighted by Crippen LogP contribution is -2.07. The molecule has 20 heavy (non-hydrogen) atoms. The molecule has 0 aliphatic carbocycles. The Bertz CT molecular complexity index is 554. The van der Waals surface area contributed by atoms with E-state index in [0.717, 1.165) is 18.9 Å². The third-order valence-electron chi connectivity index (χ3n) is 2.78. The fourth-order valence-corrected chi connectivity index (χ4v) is 1.79. The SMILES string of the molecule is O=[N+]([O-])c1ccc(NN=CC2CCCO2)c([N+](=O)[O-])c1. The van der Waals surface area contributed by atoms with Gasteiger partial charge in [0.1, 0.15) is 5.69 Å². The minimum Gasteiger partial charge on any atom is -0.372 e. The van der Waals surface area contributed by atoms with E-state index in [-0.39, 0.29) is 17.5 Å². The number of nitrogens with one attached hydrogen (secondary N) is 1. The summed E-state index contributed by atoms with van der Waals surface area (Å²) >= 11 is 0. The van der Waals surface area contributed by atoms with Gasteiger partial charge in [-0.25, -0.2) is 0 Å². The lowest BCUT2D eigenvalue weighted by Gasteiger charge is -2.03. The third kappa shape index (κ3) is 3.26. The maximum atomic E-state index is 10.9. The van der Waals surface area contributed by atoms with Gasteiger partial charge in [0.2, 0.25) is 0 Å². The van der Waals surface area contributed by atoms with Crippen LogP contribution in [0.1, 0.15) is 12.8 Å². The van der Waals surface area contributed by atoms with Gasteiger partial charge in [0, 0.05) is 12.7 Å². The highest BCUT2D eigenvalue weighted by Gasteiger charge is 2.19. The zero-order valence-electron chi connectivity index (χ0n) is 10.4. The van der Waals surface area contributed by atoms with Crippen LogP contribution in [0, 0.1) is 20.2 Å². The van der Waals surface area contributed by atoms with Crippen LogP contribution in [0.3, 0.4) is 0 Å². The fraction of sp³-hybridized carbons (Fsp3) is 0.364. The summed E-state index contributed by atoms with van der Waals surface area (Å²) in [5, 5.41) is 25.3. The minimum atomic E-state index is -0.697. The van der Waals surface area contributed by atoms with Crippen LogP contribution in [0.4, 0.5) is 17.1 Å². The van der Waals surface area contributed by atoms with Crippen molar-refractivity contribution >= 4 is 23.3 Å². The van der Waals surface area contributed by atoms with Gasteiger partial charge in [-0.2, -0.15) is 5.10 Å². The van der Waals surface area contributed by atoms with Crippen LogP contribution < -0.4 is 5.43 Å². The first kappa shape index (κ1) is 13.9. The number of nitrogens with zero attached hydrogens (tertiary/aromatic N) is 3. The first-order valence-electron chi connectivity index (χ1n) is 5.91. The summed E-state index contributed by atoms with van der Waals surface area (Å²) in [7, 11) is 0. The van der Waals surface area contributed by atoms with Crippen molar-refractivity contribution in [1.82, 2.24) is 0 Å². The average molecular weight is 280 g/mol. The number of benzene rings is 1. The molecule has 1 unspecified atom stereocenters. The molecule has 0 radical (unpaired) electrons. The predicted molar refractivity (Wildman–Crippen MR) is 70.8 cm³/mol.